The Morgan fingerprint density at radius 3 is 2.50 bits per heavy atom. The minimum absolute atomic E-state index is 0.1000. The molecule has 1 atom stereocenters. The fraction of sp³-hybridized carbons (Fsp3) is 0.222. The van der Waals surface area contributed by atoms with Crippen LogP contribution in [0.15, 0.2) is 72.8 Å². The Labute approximate surface area is 203 Å². The molecule has 7 heteroatoms. The Hall–Kier alpha value is -3.64. The molecule has 1 saturated heterocycles. The number of piperidine rings is 1. The smallest absolute Gasteiger partial charge is 0.340 e. The lowest BCUT2D eigenvalue weighted by Gasteiger charge is -2.32. The van der Waals surface area contributed by atoms with Crippen LogP contribution in [0.5, 0.6) is 0 Å². The molecule has 1 aliphatic rings. The van der Waals surface area contributed by atoms with Crippen LogP contribution in [0.4, 0.5) is 5.69 Å². The summed E-state index contributed by atoms with van der Waals surface area (Å²) in [6, 6.07) is 22.1. The van der Waals surface area contributed by atoms with Gasteiger partial charge in [0.2, 0.25) is 5.91 Å². The number of amides is 2. The fourth-order valence-corrected chi connectivity index (χ4v) is 4.33. The highest BCUT2D eigenvalue weighted by Crippen LogP contribution is 2.26. The van der Waals surface area contributed by atoms with Crippen LogP contribution in [0.2, 0.25) is 5.02 Å². The zero-order chi connectivity index (χ0) is 24.1. The number of hydrogen-bond donors (Lipinski definition) is 1. The lowest BCUT2D eigenvalue weighted by Crippen LogP contribution is -2.43. The number of ether oxygens (including phenoxy) is 1. The first-order valence-corrected chi connectivity index (χ1v) is 11.5. The molecule has 34 heavy (non-hydrogen) atoms. The van der Waals surface area contributed by atoms with Crippen LogP contribution in [0.1, 0.15) is 33.6 Å². The van der Waals surface area contributed by atoms with Gasteiger partial charge in [-0.05, 0) is 54.3 Å². The molecular weight excluding hydrogens is 452 g/mol. The number of carbonyl (C=O) groups is 3. The maximum Gasteiger partial charge on any atom is 0.340 e. The van der Waals surface area contributed by atoms with Crippen molar-refractivity contribution >= 4 is 35.1 Å². The molecule has 1 N–H and O–H groups in total. The summed E-state index contributed by atoms with van der Waals surface area (Å²) < 4.78 is 4.80. The highest BCUT2D eigenvalue weighted by atomic mass is 35.5. The number of benzene rings is 3. The number of esters is 1. The SMILES string of the molecule is COC(=O)c1cc(Cl)ccc1NC(=O)C1CCCN(C(=O)c2cccc(-c3ccccc3)c2)C1. The third kappa shape index (κ3) is 5.29. The van der Waals surface area contributed by atoms with E-state index in [0.29, 0.717) is 42.2 Å². The maximum absolute atomic E-state index is 13.2. The number of likely N-dealkylation sites (tertiary alicyclic amines) is 1. The third-order valence-corrected chi connectivity index (χ3v) is 6.18. The van der Waals surface area contributed by atoms with E-state index in [9.17, 15) is 14.4 Å². The quantitative estimate of drug-likeness (QED) is 0.508. The molecule has 0 saturated carbocycles. The summed E-state index contributed by atoms with van der Waals surface area (Å²) in [5.74, 6) is -1.33. The van der Waals surface area contributed by atoms with Crippen molar-refractivity contribution in [2.45, 2.75) is 12.8 Å². The zero-order valence-corrected chi connectivity index (χ0v) is 19.5. The van der Waals surface area contributed by atoms with Crippen LogP contribution in [0, 0.1) is 5.92 Å². The van der Waals surface area contributed by atoms with E-state index in [2.05, 4.69) is 5.32 Å². The molecule has 2 amide bonds. The Bertz CT molecular complexity index is 1210. The zero-order valence-electron chi connectivity index (χ0n) is 18.8. The van der Waals surface area contributed by atoms with Crippen LogP contribution in [-0.4, -0.2) is 42.9 Å². The highest BCUT2D eigenvalue weighted by molar-refractivity contribution is 6.31. The van der Waals surface area contributed by atoms with Crippen LogP contribution in [-0.2, 0) is 9.53 Å². The summed E-state index contributed by atoms with van der Waals surface area (Å²) in [4.78, 5) is 40.1. The van der Waals surface area contributed by atoms with Crippen molar-refractivity contribution in [2.75, 3.05) is 25.5 Å². The molecule has 174 valence electrons. The Morgan fingerprint density at radius 2 is 1.74 bits per heavy atom. The van der Waals surface area contributed by atoms with Gasteiger partial charge in [0.05, 0.1) is 24.3 Å². The molecule has 0 aliphatic carbocycles. The highest BCUT2D eigenvalue weighted by Gasteiger charge is 2.30. The molecule has 1 heterocycles. The number of carbonyl (C=O) groups excluding carboxylic acids is 3. The predicted octanol–water partition coefficient (Wildman–Crippen LogP) is 5.28. The lowest BCUT2D eigenvalue weighted by atomic mass is 9.95. The molecule has 1 aliphatic heterocycles. The number of anilines is 1. The van der Waals surface area contributed by atoms with E-state index in [-0.39, 0.29) is 17.4 Å². The van der Waals surface area contributed by atoms with Crippen LogP contribution in [0.25, 0.3) is 11.1 Å². The van der Waals surface area contributed by atoms with E-state index < -0.39 is 11.9 Å². The molecule has 0 aromatic heterocycles. The molecule has 1 unspecified atom stereocenters. The molecule has 0 bridgehead atoms. The van der Waals surface area contributed by atoms with Crippen LogP contribution < -0.4 is 5.32 Å². The molecule has 3 aromatic carbocycles. The van der Waals surface area contributed by atoms with Gasteiger partial charge in [0.15, 0.2) is 0 Å². The third-order valence-electron chi connectivity index (χ3n) is 5.94. The average Bonchev–Trinajstić information content (AvgIpc) is 2.89. The first kappa shape index (κ1) is 23.5. The standard InChI is InChI=1S/C27H25ClN2O4/c1-34-27(33)23-16-22(28)12-13-24(23)29-25(31)21-11-6-14-30(17-21)26(32)20-10-5-9-19(15-20)18-7-3-2-4-8-18/h2-5,7-10,12-13,15-16,21H,6,11,14,17H2,1H3,(H,29,31). The summed E-state index contributed by atoms with van der Waals surface area (Å²) in [6.45, 7) is 0.897. The number of methoxy groups -OCH3 is 1. The van der Waals surface area contributed by atoms with Gasteiger partial charge in [0.1, 0.15) is 0 Å². The number of hydrogen-bond acceptors (Lipinski definition) is 4. The second-order valence-corrected chi connectivity index (χ2v) is 8.64. The Kier molecular flexibility index (Phi) is 7.28. The number of rotatable bonds is 5. The molecule has 3 aromatic rings. The number of nitrogens with zero attached hydrogens (tertiary/aromatic N) is 1. The van der Waals surface area contributed by atoms with Gasteiger partial charge in [-0.1, -0.05) is 54.1 Å². The first-order chi connectivity index (χ1) is 16.5. The van der Waals surface area contributed by atoms with E-state index >= 15 is 0 Å². The summed E-state index contributed by atoms with van der Waals surface area (Å²) in [7, 11) is 1.27. The van der Waals surface area contributed by atoms with Crippen molar-refractivity contribution in [3.8, 4) is 11.1 Å². The molecule has 0 radical (unpaired) electrons. The minimum Gasteiger partial charge on any atom is -0.465 e. The lowest BCUT2D eigenvalue weighted by molar-refractivity contribution is -0.121. The Morgan fingerprint density at radius 1 is 0.971 bits per heavy atom. The van der Waals surface area contributed by atoms with Crippen molar-refractivity contribution in [1.29, 1.82) is 0 Å². The summed E-state index contributed by atoms with van der Waals surface area (Å²) in [5, 5.41) is 3.18. The monoisotopic (exact) mass is 476 g/mol. The van der Waals surface area contributed by atoms with Gasteiger partial charge < -0.3 is 15.0 Å². The van der Waals surface area contributed by atoms with Crippen molar-refractivity contribution in [3.05, 3.63) is 88.9 Å². The molecule has 0 spiro atoms. The molecule has 6 nitrogen and oxygen atoms in total. The van der Waals surface area contributed by atoms with Gasteiger partial charge in [-0.15, -0.1) is 0 Å². The van der Waals surface area contributed by atoms with E-state index in [1.54, 1.807) is 23.1 Å². The van der Waals surface area contributed by atoms with Crippen LogP contribution in [0.3, 0.4) is 0 Å². The van der Waals surface area contributed by atoms with E-state index in [1.165, 1.54) is 13.2 Å². The van der Waals surface area contributed by atoms with Gasteiger partial charge in [-0.3, -0.25) is 9.59 Å². The molecule has 4 rings (SSSR count). The number of nitrogens with one attached hydrogen (secondary N) is 1. The fourth-order valence-electron chi connectivity index (χ4n) is 4.16. The van der Waals surface area contributed by atoms with Gasteiger partial charge in [0.25, 0.3) is 5.91 Å². The topological polar surface area (TPSA) is 75.7 Å². The summed E-state index contributed by atoms with van der Waals surface area (Å²) in [6.07, 6.45) is 1.37. The van der Waals surface area contributed by atoms with Crippen LogP contribution >= 0.6 is 11.6 Å². The summed E-state index contributed by atoms with van der Waals surface area (Å²) in [5.41, 5.74) is 3.12. The molecular formula is C27H25ClN2O4. The first-order valence-electron chi connectivity index (χ1n) is 11.1. The van der Waals surface area contributed by atoms with Gasteiger partial charge in [0, 0.05) is 23.7 Å². The molecule has 1 fully saturated rings. The second-order valence-electron chi connectivity index (χ2n) is 8.21. The Balaban J connectivity index is 1.47. The van der Waals surface area contributed by atoms with Gasteiger partial charge in [-0.2, -0.15) is 0 Å². The van der Waals surface area contributed by atoms with E-state index in [4.69, 9.17) is 16.3 Å². The average molecular weight is 477 g/mol. The van der Waals surface area contributed by atoms with E-state index in [0.717, 1.165) is 11.1 Å². The predicted molar refractivity (Wildman–Crippen MR) is 132 cm³/mol. The van der Waals surface area contributed by atoms with Crippen molar-refractivity contribution in [1.82, 2.24) is 4.90 Å². The number of halogens is 1. The van der Waals surface area contributed by atoms with Gasteiger partial charge in [-0.25, -0.2) is 4.79 Å². The largest absolute Gasteiger partial charge is 0.465 e. The normalized spacial score (nSPS) is 15.5. The van der Waals surface area contributed by atoms with Crippen molar-refractivity contribution in [3.63, 3.8) is 0 Å². The van der Waals surface area contributed by atoms with Crippen molar-refractivity contribution in [2.24, 2.45) is 5.92 Å². The maximum atomic E-state index is 13.2. The summed E-state index contributed by atoms with van der Waals surface area (Å²) >= 11 is 6.00. The van der Waals surface area contributed by atoms with Crippen molar-refractivity contribution < 1.29 is 19.1 Å². The van der Waals surface area contributed by atoms with Gasteiger partial charge >= 0.3 is 5.97 Å². The second kappa shape index (κ2) is 10.5. The van der Waals surface area contributed by atoms with E-state index in [1.807, 2.05) is 48.5 Å². The minimum atomic E-state index is -0.587.